The fraction of sp³-hybridized carbons (Fsp3) is 0.286. The van der Waals surface area contributed by atoms with Gasteiger partial charge in [0.05, 0.1) is 5.69 Å². The third-order valence-corrected chi connectivity index (χ3v) is 5.20. The number of aromatic nitrogens is 2. The zero-order chi connectivity index (χ0) is 20.4. The van der Waals surface area contributed by atoms with Crippen LogP contribution in [0.1, 0.15) is 31.1 Å². The molecular formula is C21H21N3O4. The van der Waals surface area contributed by atoms with Crippen molar-refractivity contribution in [2.24, 2.45) is 7.05 Å². The van der Waals surface area contributed by atoms with E-state index in [-0.39, 0.29) is 17.2 Å². The maximum Gasteiger partial charge on any atom is 0.274 e. The molecule has 0 fully saturated rings. The van der Waals surface area contributed by atoms with Crippen molar-refractivity contribution < 1.29 is 14.3 Å². The molecule has 2 aromatic heterocycles. The molecule has 0 unspecified atom stereocenters. The standard InChI is InChI=1S/C21H21N3O4/c1-11(25)12-8-14(15-10-23(4)19(26)17-13(15)6-7-22-17)18-16(9-12)24(5)20(27)21(2,3)28-18/h6-10,22H,1-5H3. The van der Waals surface area contributed by atoms with Gasteiger partial charge < -0.3 is 19.2 Å². The maximum absolute atomic E-state index is 12.7. The lowest BCUT2D eigenvalue weighted by Crippen LogP contribution is -2.51. The average Bonchev–Trinajstić information content (AvgIpc) is 3.12. The molecule has 7 nitrogen and oxygen atoms in total. The average molecular weight is 379 g/mol. The van der Waals surface area contributed by atoms with Crippen molar-refractivity contribution in [2.45, 2.75) is 26.4 Å². The van der Waals surface area contributed by atoms with Crippen molar-refractivity contribution in [3.05, 3.63) is 46.5 Å². The summed E-state index contributed by atoms with van der Waals surface area (Å²) in [7, 11) is 3.35. The molecule has 144 valence electrons. The summed E-state index contributed by atoms with van der Waals surface area (Å²) in [6, 6.07) is 5.25. The highest BCUT2D eigenvalue weighted by Crippen LogP contribution is 2.46. The number of aromatic amines is 1. The lowest BCUT2D eigenvalue weighted by molar-refractivity contribution is -0.132. The molecule has 7 heteroatoms. The summed E-state index contributed by atoms with van der Waals surface area (Å²) in [6.07, 6.45) is 3.43. The van der Waals surface area contributed by atoms with Crippen LogP contribution in [-0.4, -0.2) is 33.9 Å². The van der Waals surface area contributed by atoms with Crippen molar-refractivity contribution in [1.82, 2.24) is 9.55 Å². The van der Waals surface area contributed by atoms with Crippen molar-refractivity contribution in [1.29, 1.82) is 0 Å². The number of rotatable bonds is 2. The summed E-state index contributed by atoms with van der Waals surface area (Å²) >= 11 is 0. The molecule has 3 heterocycles. The highest BCUT2D eigenvalue weighted by molar-refractivity contribution is 6.08. The number of hydrogen-bond donors (Lipinski definition) is 1. The molecular weight excluding hydrogens is 358 g/mol. The van der Waals surface area contributed by atoms with Gasteiger partial charge in [-0.1, -0.05) is 0 Å². The van der Waals surface area contributed by atoms with Crippen LogP contribution in [0.3, 0.4) is 0 Å². The summed E-state index contributed by atoms with van der Waals surface area (Å²) in [5.41, 5.74) is 1.69. The number of likely N-dealkylation sites (N-methyl/N-ethyl adjacent to an activating group) is 1. The van der Waals surface area contributed by atoms with Gasteiger partial charge in [0.25, 0.3) is 11.5 Å². The third-order valence-electron chi connectivity index (χ3n) is 5.20. The monoisotopic (exact) mass is 379 g/mol. The second-order valence-corrected chi connectivity index (χ2v) is 7.63. The Kier molecular flexibility index (Phi) is 3.75. The largest absolute Gasteiger partial charge is 0.475 e. The van der Waals surface area contributed by atoms with E-state index >= 15 is 0 Å². The van der Waals surface area contributed by atoms with E-state index in [1.807, 2.05) is 6.07 Å². The number of H-pyrrole nitrogens is 1. The fourth-order valence-corrected chi connectivity index (χ4v) is 3.67. The van der Waals surface area contributed by atoms with Crippen LogP contribution in [0.15, 0.2) is 35.4 Å². The minimum atomic E-state index is -1.05. The van der Waals surface area contributed by atoms with E-state index in [1.54, 1.807) is 52.5 Å². The molecule has 0 saturated heterocycles. The molecule has 28 heavy (non-hydrogen) atoms. The minimum absolute atomic E-state index is 0.120. The van der Waals surface area contributed by atoms with Crippen LogP contribution in [0.2, 0.25) is 0 Å². The lowest BCUT2D eigenvalue weighted by Gasteiger charge is -2.38. The number of benzene rings is 1. The summed E-state index contributed by atoms with van der Waals surface area (Å²) in [5.74, 6) is 0.196. The number of nitrogens with zero attached hydrogens (tertiary/aromatic N) is 2. The Morgan fingerprint density at radius 1 is 1.14 bits per heavy atom. The fourth-order valence-electron chi connectivity index (χ4n) is 3.67. The Morgan fingerprint density at radius 2 is 1.86 bits per heavy atom. The van der Waals surface area contributed by atoms with Gasteiger partial charge in [0.1, 0.15) is 5.52 Å². The number of Topliss-reactive ketones (excluding diaryl/α,β-unsaturated/α-hetero) is 1. The van der Waals surface area contributed by atoms with Crippen molar-refractivity contribution in [2.75, 3.05) is 11.9 Å². The summed E-state index contributed by atoms with van der Waals surface area (Å²) in [5, 5.41) is 0.729. The number of fused-ring (bicyclic) bond motifs is 2. The molecule has 4 rings (SSSR count). The van der Waals surface area contributed by atoms with Crippen molar-refractivity contribution in [3.63, 3.8) is 0 Å². The quantitative estimate of drug-likeness (QED) is 0.694. The number of ketones is 1. The number of pyridine rings is 1. The first-order valence-corrected chi connectivity index (χ1v) is 8.95. The number of nitrogens with one attached hydrogen (secondary N) is 1. The predicted octanol–water partition coefficient (Wildman–Crippen LogP) is 2.87. The topological polar surface area (TPSA) is 84.4 Å². The number of ether oxygens (including phenoxy) is 1. The van der Waals surface area contributed by atoms with E-state index in [0.29, 0.717) is 28.1 Å². The van der Waals surface area contributed by atoms with E-state index in [1.165, 1.54) is 16.4 Å². The number of hydrogen-bond acceptors (Lipinski definition) is 4. The number of carbonyl (C=O) groups excluding carboxylic acids is 2. The van der Waals surface area contributed by atoms with E-state index in [4.69, 9.17) is 4.74 Å². The van der Waals surface area contributed by atoms with Gasteiger partial charge in [0.2, 0.25) is 0 Å². The smallest absolute Gasteiger partial charge is 0.274 e. The van der Waals surface area contributed by atoms with Crippen molar-refractivity contribution >= 4 is 28.3 Å². The zero-order valence-corrected chi connectivity index (χ0v) is 16.4. The van der Waals surface area contributed by atoms with E-state index in [2.05, 4.69) is 4.98 Å². The lowest BCUT2D eigenvalue weighted by atomic mass is 9.95. The molecule has 0 atom stereocenters. The van der Waals surface area contributed by atoms with Crippen molar-refractivity contribution in [3.8, 4) is 16.9 Å². The van der Waals surface area contributed by atoms with Crippen LogP contribution in [-0.2, 0) is 11.8 Å². The van der Waals surface area contributed by atoms with Crippen LogP contribution >= 0.6 is 0 Å². The highest BCUT2D eigenvalue weighted by Gasteiger charge is 2.41. The zero-order valence-electron chi connectivity index (χ0n) is 16.4. The Labute approximate surface area is 161 Å². The summed E-state index contributed by atoms with van der Waals surface area (Å²) in [6.45, 7) is 4.90. The molecule has 3 aromatic rings. The molecule has 1 aromatic carbocycles. The number of anilines is 1. The predicted molar refractivity (Wildman–Crippen MR) is 107 cm³/mol. The molecule has 0 bridgehead atoms. The third kappa shape index (κ3) is 2.46. The van der Waals surface area contributed by atoms with Gasteiger partial charge in [0.15, 0.2) is 17.1 Å². The molecule has 0 saturated carbocycles. The van der Waals surface area contributed by atoms with Gasteiger partial charge in [-0.3, -0.25) is 14.4 Å². The molecule has 1 N–H and O–H groups in total. The minimum Gasteiger partial charge on any atom is -0.475 e. The van der Waals surface area contributed by atoms with Gasteiger partial charge >= 0.3 is 0 Å². The highest BCUT2D eigenvalue weighted by atomic mass is 16.5. The van der Waals surface area contributed by atoms with Crippen LogP contribution in [0.4, 0.5) is 5.69 Å². The molecule has 1 amide bonds. The van der Waals surface area contributed by atoms with Gasteiger partial charge in [-0.2, -0.15) is 0 Å². The number of carbonyl (C=O) groups is 2. The second kappa shape index (κ2) is 5.82. The summed E-state index contributed by atoms with van der Waals surface area (Å²) in [4.78, 5) is 41.8. The van der Waals surface area contributed by atoms with E-state index in [0.717, 1.165) is 10.9 Å². The normalized spacial score (nSPS) is 15.5. The Bertz CT molecular complexity index is 1220. The van der Waals surface area contributed by atoms with Gasteiger partial charge in [-0.05, 0) is 39.0 Å². The van der Waals surface area contributed by atoms with E-state index in [9.17, 15) is 14.4 Å². The molecule has 0 aliphatic carbocycles. The molecule has 0 radical (unpaired) electrons. The first kappa shape index (κ1) is 18.0. The van der Waals surface area contributed by atoms with Gasteiger partial charge in [0, 0.05) is 48.6 Å². The number of aryl methyl sites for hydroxylation is 1. The Hall–Kier alpha value is -3.35. The van der Waals surface area contributed by atoms with Gasteiger partial charge in [-0.25, -0.2) is 0 Å². The van der Waals surface area contributed by atoms with E-state index < -0.39 is 5.60 Å². The number of amides is 1. The molecule has 0 spiro atoms. The van der Waals surface area contributed by atoms with Crippen LogP contribution in [0.25, 0.3) is 22.0 Å². The van der Waals surface area contributed by atoms with Crippen LogP contribution in [0, 0.1) is 0 Å². The first-order chi connectivity index (χ1) is 13.1. The van der Waals surface area contributed by atoms with Crippen LogP contribution in [0.5, 0.6) is 5.75 Å². The molecule has 1 aliphatic rings. The molecule has 1 aliphatic heterocycles. The summed E-state index contributed by atoms with van der Waals surface area (Å²) < 4.78 is 7.61. The maximum atomic E-state index is 12.7. The SMILES string of the molecule is CC(=O)c1cc(-c2cn(C)c(=O)c3[nH]ccc23)c2c(c1)N(C)C(=O)C(C)(C)O2. The first-order valence-electron chi connectivity index (χ1n) is 8.95. The Balaban J connectivity index is 2.12. The second-order valence-electron chi connectivity index (χ2n) is 7.63. The van der Waals surface area contributed by atoms with Gasteiger partial charge in [-0.15, -0.1) is 0 Å². The Morgan fingerprint density at radius 3 is 2.54 bits per heavy atom. The van der Waals surface area contributed by atoms with Crippen LogP contribution < -0.4 is 15.2 Å².